The number of hydrogen-bond donors (Lipinski definition) is 2. The number of anilines is 1. The van der Waals surface area contributed by atoms with Gasteiger partial charge < -0.3 is 10.6 Å². The van der Waals surface area contributed by atoms with Gasteiger partial charge in [0.05, 0.1) is 0 Å². The summed E-state index contributed by atoms with van der Waals surface area (Å²) in [6.45, 7) is 4.59. The van der Waals surface area contributed by atoms with Crippen LogP contribution >= 0.6 is 11.6 Å². The third-order valence-corrected chi connectivity index (χ3v) is 3.91. The molecule has 0 aliphatic heterocycles. The standard InChI is InChI=1S/C19H21ClN2O2/c1-13(2)15-5-9-17(10-6-15)22-19(24)18(23)21-12-11-14-3-7-16(20)8-4-14/h3-10,13H,11-12H2,1-2H3,(H,21,23)(H,22,24). The van der Waals surface area contributed by atoms with Crippen LogP contribution in [0.5, 0.6) is 0 Å². The van der Waals surface area contributed by atoms with Crippen LogP contribution in [0.15, 0.2) is 48.5 Å². The van der Waals surface area contributed by atoms with Gasteiger partial charge in [0.25, 0.3) is 0 Å². The Morgan fingerprint density at radius 2 is 1.58 bits per heavy atom. The van der Waals surface area contributed by atoms with Gasteiger partial charge in [0.1, 0.15) is 0 Å². The highest BCUT2D eigenvalue weighted by molar-refractivity contribution is 6.39. The summed E-state index contributed by atoms with van der Waals surface area (Å²) in [6, 6.07) is 14.9. The van der Waals surface area contributed by atoms with Crippen molar-refractivity contribution in [3.8, 4) is 0 Å². The summed E-state index contributed by atoms with van der Waals surface area (Å²) in [4.78, 5) is 23.7. The summed E-state index contributed by atoms with van der Waals surface area (Å²) in [7, 11) is 0. The number of nitrogens with one attached hydrogen (secondary N) is 2. The lowest BCUT2D eigenvalue weighted by molar-refractivity contribution is -0.136. The molecule has 2 aromatic carbocycles. The summed E-state index contributed by atoms with van der Waals surface area (Å²) in [5.41, 5.74) is 2.84. The number of benzene rings is 2. The summed E-state index contributed by atoms with van der Waals surface area (Å²) >= 11 is 5.82. The smallest absolute Gasteiger partial charge is 0.313 e. The quantitative estimate of drug-likeness (QED) is 0.811. The molecule has 0 aromatic heterocycles. The van der Waals surface area contributed by atoms with Crippen LogP contribution in [-0.2, 0) is 16.0 Å². The number of carbonyl (C=O) groups excluding carboxylic acids is 2. The van der Waals surface area contributed by atoms with Crippen molar-refractivity contribution in [2.75, 3.05) is 11.9 Å². The summed E-state index contributed by atoms with van der Waals surface area (Å²) in [6.07, 6.45) is 0.638. The van der Waals surface area contributed by atoms with Crippen molar-refractivity contribution >= 4 is 29.1 Å². The van der Waals surface area contributed by atoms with Gasteiger partial charge in [0, 0.05) is 17.3 Å². The first-order valence-electron chi connectivity index (χ1n) is 7.89. The summed E-state index contributed by atoms with van der Waals surface area (Å²) < 4.78 is 0. The van der Waals surface area contributed by atoms with Crippen LogP contribution in [0.2, 0.25) is 5.02 Å². The van der Waals surface area contributed by atoms with Crippen LogP contribution in [-0.4, -0.2) is 18.4 Å². The molecule has 126 valence electrons. The monoisotopic (exact) mass is 344 g/mol. The second-order valence-corrected chi connectivity index (χ2v) is 6.30. The van der Waals surface area contributed by atoms with Crippen LogP contribution in [0.4, 0.5) is 5.69 Å². The van der Waals surface area contributed by atoms with Gasteiger partial charge in [-0.25, -0.2) is 0 Å². The van der Waals surface area contributed by atoms with Gasteiger partial charge in [-0.2, -0.15) is 0 Å². The molecule has 5 heteroatoms. The van der Waals surface area contributed by atoms with Gasteiger partial charge in [-0.3, -0.25) is 9.59 Å². The van der Waals surface area contributed by atoms with Crippen LogP contribution in [0.1, 0.15) is 30.9 Å². The van der Waals surface area contributed by atoms with Crippen LogP contribution in [0, 0.1) is 0 Å². The van der Waals surface area contributed by atoms with Crippen LogP contribution < -0.4 is 10.6 Å². The second-order valence-electron chi connectivity index (χ2n) is 5.86. The zero-order valence-electron chi connectivity index (χ0n) is 13.8. The van der Waals surface area contributed by atoms with Crippen molar-refractivity contribution in [1.82, 2.24) is 5.32 Å². The average molecular weight is 345 g/mol. The van der Waals surface area contributed by atoms with Gasteiger partial charge in [-0.1, -0.05) is 49.7 Å². The third kappa shape index (κ3) is 5.39. The maximum absolute atomic E-state index is 11.9. The minimum Gasteiger partial charge on any atom is -0.347 e. The fourth-order valence-electron chi connectivity index (χ4n) is 2.19. The molecule has 2 rings (SSSR count). The predicted molar refractivity (Wildman–Crippen MR) is 97.3 cm³/mol. The largest absolute Gasteiger partial charge is 0.347 e. The predicted octanol–water partition coefficient (Wildman–Crippen LogP) is 3.76. The molecule has 0 atom stereocenters. The number of carbonyl (C=O) groups is 2. The molecule has 2 amide bonds. The maximum Gasteiger partial charge on any atom is 0.313 e. The van der Waals surface area contributed by atoms with Crippen LogP contribution in [0.3, 0.4) is 0 Å². The van der Waals surface area contributed by atoms with Gasteiger partial charge >= 0.3 is 11.8 Å². The second kappa shape index (κ2) is 8.50. The molecule has 0 heterocycles. The molecule has 4 nitrogen and oxygen atoms in total. The molecule has 0 radical (unpaired) electrons. The third-order valence-electron chi connectivity index (χ3n) is 3.65. The van der Waals surface area contributed by atoms with E-state index in [2.05, 4.69) is 24.5 Å². The Hall–Kier alpha value is -2.33. The highest BCUT2D eigenvalue weighted by Gasteiger charge is 2.13. The van der Waals surface area contributed by atoms with Crippen molar-refractivity contribution in [3.05, 3.63) is 64.7 Å². The lowest BCUT2D eigenvalue weighted by Gasteiger charge is -2.09. The van der Waals surface area contributed by atoms with E-state index in [1.165, 1.54) is 5.56 Å². The van der Waals surface area contributed by atoms with E-state index in [0.29, 0.717) is 29.6 Å². The average Bonchev–Trinajstić information content (AvgIpc) is 2.57. The number of rotatable bonds is 5. The van der Waals surface area contributed by atoms with Gasteiger partial charge in [0.2, 0.25) is 0 Å². The SMILES string of the molecule is CC(C)c1ccc(NC(=O)C(=O)NCCc2ccc(Cl)cc2)cc1. The zero-order valence-corrected chi connectivity index (χ0v) is 14.6. The number of halogens is 1. The Morgan fingerprint density at radius 3 is 2.17 bits per heavy atom. The summed E-state index contributed by atoms with van der Waals surface area (Å²) in [5.74, 6) is -0.883. The van der Waals surface area contributed by atoms with Crippen LogP contribution in [0.25, 0.3) is 0 Å². The molecule has 2 N–H and O–H groups in total. The van der Waals surface area contributed by atoms with E-state index in [-0.39, 0.29) is 0 Å². The molecule has 0 aliphatic carbocycles. The first-order valence-corrected chi connectivity index (χ1v) is 8.27. The van der Waals surface area contributed by atoms with Gasteiger partial charge in [-0.05, 0) is 47.7 Å². The molecule has 24 heavy (non-hydrogen) atoms. The molecule has 0 unspecified atom stereocenters. The van der Waals surface area contributed by atoms with Crippen molar-refractivity contribution in [3.63, 3.8) is 0 Å². The molecule has 0 spiro atoms. The molecule has 0 saturated heterocycles. The zero-order chi connectivity index (χ0) is 17.5. The Kier molecular flexibility index (Phi) is 6.38. The van der Waals surface area contributed by atoms with Crippen molar-refractivity contribution < 1.29 is 9.59 Å². The molecular formula is C19H21ClN2O2. The Labute approximate surface area is 147 Å². The Morgan fingerprint density at radius 1 is 0.958 bits per heavy atom. The van der Waals surface area contributed by atoms with Crippen molar-refractivity contribution in [2.45, 2.75) is 26.2 Å². The number of hydrogen-bond acceptors (Lipinski definition) is 2. The molecule has 0 aliphatic rings. The Balaban J connectivity index is 1.79. The molecule has 0 bridgehead atoms. The van der Waals surface area contributed by atoms with E-state index in [1.54, 1.807) is 24.3 Å². The van der Waals surface area contributed by atoms with Crippen molar-refractivity contribution in [2.24, 2.45) is 0 Å². The van der Waals surface area contributed by atoms with E-state index in [1.807, 2.05) is 24.3 Å². The highest BCUT2D eigenvalue weighted by Crippen LogP contribution is 2.17. The van der Waals surface area contributed by atoms with E-state index >= 15 is 0 Å². The van der Waals surface area contributed by atoms with E-state index < -0.39 is 11.8 Å². The Bertz CT molecular complexity index is 694. The normalized spacial score (nSPS) is 10.5. The fourth-order valence-corrected chi connectivity index (χ4v) is 2.32. The van der Waals surface area contributed by atoms with Crippen molar-refractivity contribution in [1.29, 1.82) is 0 Å². The lowest BCUT2D eigenvalue weighted by Crippen LogP contribution is -2.36. The first kappa shape index (κ1) is 18.0. The fraction of sp³-hybridized carbons (Fsp3) is 0.263. The minimum absolute atomic E-state index is 0.389. The van der Waals surface area contributed by atoms with Gasteiger partial charge in [0.15, 0.2) is 0 Å². The van der Waals surface area contributed by atoms with E-state index in [4.69, 9.17) is 11.6 Å². The molecular weight excluding hydrogens is 324 g/mol. The van der Waals surface area contributed by atoms with E-state index in [9.17, 15) is 9.59 Å². The topological polar surface area (TPSA) is 58.2 Å². The summed E-state index contributed by atoms with van der Waals surface area (Å²) in [5, 5.41) is 5.88. The molecule has 0 saturated carbocycles. The van der Waals surface area contributed by atoms with Gasteiger partial charge in [-0.15, -0.1) is 0 Å². The van der Waals surface area contributed by atoms with E-state index in [0.717, 1.165) is 5.56 Å². The number of amides is 2. The first-order chi connectivity index (χ1) is 11.5. The minimum atomic E-state index is -0.664. The molecule has 0 fully saturated rings. The maximum atomic E-state index is 11.9. The highest BCUT2D eigenvalue weighted by atomic mass is 35.5. The molecule has 2 aromatic rings. The lowest BCUT2D eigenvalue weighted by atomic mass is 10.0.